The number of urea groups is 1. The second-order valence-electron chi connectivity index (χ2n) is 5.70. The highest BCUT2D eigenvalue weighted by molar-refractivity contribution is 5.89. The number of nitrogens with zero attached hydrogens (tertiary/aromatic N) is 1. The van der Waals surface area contributed by atoms with Crippen LogP contribution in [-0.2, 0) is 6.54 Å². The lowest BCUT2D eigenvalue weighted by Gasteiger charge is -2.16. The van der Waals surface area contributed by atoms with Gasteiger partial charge in [0.25, 0.3) is 5.56 Å². The Morgan fingerprint density at radius 1 is 1.28 bits per heavy atom. The van der Waals surface area contributed by atoms with Gasteiger partial charge in [0.15, 0.2) is 0 Å². The summed E-state index contributed by atoms with van der Waals surface area (Å²) in [6, 6.07) is 8.42. The SMILES string of the molecule is CCC(CCO)NC(=O)Nc1cccn(Cc2ccc(F)cc2)c1=O. The summed E-state index contributed by atoms with van der Waals surface area (Å²) in [5.41, 5.74) is 0.581. The van der Waals surface area contributed by atoms with Crippen LogP contribution in [0.3, 0.4) is 0 Å². The number of aliphatic hydroxyl groups is 1. The Labute approximate surface area is 145 Å². The van der Waals surface area contributed by atoms with Crippen LogP contribution < -0.4 is 16.2 Å². The first-order valence-electron chi connectivity index (χ1n) is 8.15. The standard InChI is InChI=1S/C18H22FN3O3/c1-2-15(9-11-23)20-18(25)21-16-4-3-10-22(17(16)24)12-13-5-7-14(19)8-6-13/h3-8,10,15,23H,2,9,11-12H2,1H3,(H2,20,21,25). The van der Waals surface area contributed by atoms with Crippen molar-refractivity contribution in [2.24, 2.45) is 0 Å². The first-order chi connectivity index (χ1) is 12.0. The number of aromatic nitrogens is 1. The molecule has 0 saturated heterocycles. The number of nitrogens with one attached hydrogen (secondary N) is 2. The summed E-state index contributed by atoms with van der Waals surface area (Å²) in [6.45, 7) is 2.16. The molecule has 1 atom stereocenters. The molecule has 3 N–H and O–H groups in total. The predicted octanol–water partition coefficient (Wildman–Crippen LogP) is 2.32. The van der Waals surface area contributed by atoms with Gasteiger partial charge in [-0.15, -0.1) is 0 Å². The number of benzene rings is 1. The number of amides is 2. The van der Waals surface area contributed by atoms with E-state index in [1.807, 2.05) is 6.92 Å². The highest BCUT2D eigenvalue weighted by atomic mass is 19.1. The molecule has 2 rings (SSSR count). The number of pyridine rings is 1. The van der Waals surface area contributed by atoms with E-state index < -0.39 is 6.03 Å². The van der Waals surface area contributed by atoms with E-state index in [4.69, 9.17) is 5.11 Å². The van der Waals surface area contributed by atoms with Crippen molar-refractivity contribution in [1.29, 1.82) is 0 Å². The fourth-order valence-electron chi connectivity index (χ4n) is 2.42. The van der Waals surface area contributed by atoms with Gasteiger partial charge < -0.3 is 20.3 Å². The fourth-order valence-corrected chi connectivity index (χ4v) is 2.42. The quantitative estimate of drug-likeness (QED) is 0.719. The van der Waals surface area contributed by atoms with Crippen molar-refractivity contribution in [3.8, 4) is 0 Å². The molecule has 0 aliphatic carbocycles. The predicted molar refractivity (Wildman–Crippen MR) is 94.1 cm³/mol. The highest BCUT2D eigenvalue weighted by Crippen LogP contribution is 2.06. The Morgan fingerprint density at radius 3 is 2.64 bits per heavy atom. The third-order valence-electron chi connectivity index (χ3n) is 3.84. The van der Waals surface area contributed by atoms with E-state index in [2.05, 4.69) is 10.6 Å². The average molecular weight is 347 g/mol. The fraction of sp³-hybridized carbons (Fsp3) is 0.333. The third-order valence-corrected chi connectivity index (χ3v) is 3.84. The maximum absolute atomic E-state index is 13.0. The molecule has 6 nitrogen and oxygen atoms in total. The molecule has 7 heteroatoms. The second-order valence-corrected chi connectivity index (χ2v) is 5.70. The van der Waals surface area contributed by atoms with Crippen molar-refractivity contribution >= 4 is 11.7 Å². The van der Waals surface area contributed by atoms with Gasteiger partial charge in [-0.3, -0.25) is 4.79 Å². The first-order valence-corrected chi connectivity index (χ1v) is 8.15. The van der Waals surface area contributed by atoms with Crippen molar-refractivity contribution in [3.63, 3.8) is 0 Å². The lowest BCUT2D eigenvalue weighted by Crippen LogP contribution is -2.39. The van der Waals surface area contributed by atoms with E-state index in [1.54, 1.807) is 24.4 Å². The molecule has 1 aromatic heterocycles. The highest BCUT2D eigenvalue weighted by Gasteiger charge is 2.12. The van der Waals surface area contributed by atoms with E-state index in [0.29, 0.717) is 12.8 Å². The number of hydrogen-bond acceptors (Lipinski definition) is 3. The van der Waals surface area contributed by atoms with Crippen LogP contribution in [0.2, 0.25) is 0 Å². The number of carbonyl (C=O) groups excluding carboxylic acids is 1. The molecule has 134 valence electrons. The topological polar surface area (TPSA) is 83.4 Å². The summed E-state index contributed by atoms with van der Waals surface area (Å²) in [6.07, 6.45) is 2.74. The number of aliphatic hydroxyl groups excluding tert-OH is 1. The van der Waals surface area contributed by atoms with Crippen molar-refractivity contribution in [2.75, 3.05) is 11.9 Å². The van der Waals surface area contributed by atoms with Crippen LogP contribution in [-0.4, -0.2) is 28.4 Å². The van der Waals surface area contributed by atoms with Crippen molar-refractivity contribution in [1.82, 2.24) is 9.88 Å². The molecule has 0 aliphatic rings. The van der Waals surface area contributed by atoms with E-state index in [-0.39, 0.29) is 36.3 Å². The van der Waals surface area contributed by atoms with Crippen LogP contribution in [0.15, 0.2) is 47.4 Å². The van der Waals surface area contributed by atoms with E-state index in [0.717, 1.165) is 5.56 Å². The van der Waals surface area contributed by atoms with E-state index in [9.17, 15) is 14.0 Å². The Kier molecular flexibility index (Phi) is 6.71. The number of hydrogen-bond donors (Lipinski definition) is 3. The smallest absolute Gasteiger partial charge is 0.319 e. The van der Waals surface area contributed by atoms with Gasteiger partial charge in [0, 0.05) is 18.8 Å². The number of carbonyl (C=O) groups is 1. The third kappa shape index (κ3) is 5.42. The Bertz CT molecular complexity index is 759. The monoisotopic (exact) mass is 347 g/mol. The summed E-state index contributed by atoms with van der Waals surface area (Å²) < 4.78 is 14.4. The summed E-state index contributed by atoms with van der Waals surface area (Å²) in [7, 11) is 0. The van der Waals surface area contributed by atoms with Gasteiger partial charge in [-0.05, 0) is 42.7 Å². The Hall–Kier alpha value is -2.67. The van der Waals surface area contributed by atoms with Gasteiger partial charge in [0.2, 0.25) is 0 Å². The number of anilines is 1. The van der Waals surface area contributed by atoms with Gasteiger partial charge in [-0.2, -0.15) is 0 Å². The van der Waals surface area contributed by atoms with Gasteiger partial charge in [-0.25, -0.2) is 9.18 Å². The summed E-state index contributed by atoms with van der Waals surface area (Å²) in [4.78, 5) is 24.5. The molecule has 1 heterocycles. The Morgan fingerprint density at radius 2 is 2.00 bits per heavy atom. The lowest BCUT2D eigenvalue weighted by molar-refractivity contribution is 0.237. The van der Waals surface area contributed by atoms with Gasteiger partial charge in [0.05, 0.1) is 6.54 Å². The van der Waals surface area contributed by atoms with Crippen LogP contribution in [0.5, 0.6) is 0 Å². The molecular weight excluding hydrogens is 325 g/mol. The van der Waals surface area contributed by atoms with Crippen LogP contribution >= 0.6 is 0 Å². The molecule has 0 radical (unpaired) electrons. The molecule has 1 aromatic carbocycles. The van der Waals surface area contributed by atoms with Gasteiger partial charge >= 0.3 is 6.03 Å². The zero-order valence-corrected chi connectivity index (χ0v) is 14.0. The van der Waals surface area contributed by atoms with Gasteiger partial charge in [-0.1, -0.05) is 19.1 Å². The maximum atomic E-state index is 13.0. The van der Waals surface area contributed by atoms with Crippen LogP contribution in [0.1, 0.15) is 25.3 Å². The van der Waals surface area contributed by atoms with Crippen molar-refractivity contribution in [2.45, 2.75) is 32.4 Å². The minimum absolute atomic E-state index is 0.0192. The van der Waals surface area contributed by atoms with Crippen LogP contribution in [0.25, 0.3) is 0 Å². The number of halogens is 1. The molecule has 1 unspecified atom stereocenters. The van der Waals surface area contributed by atoms with E-state index in [1.165, 1.54) is 22.8 Å². The minimum Gasteiger partial charge on any atom is -0.396 e. The second kappa shape index (κ2) is 8.98. The molecule has 0 spiro atoms. The minimum atomic E-state index is -0.489. The van der Waals surface area contributed by atoms with E-state index >= 15 is 0 Å². The van der Waals surface area contributed by atoms with Crippen LogP contribution in [0.4, 0.5) is 14.9 Å². The molecule has 0 fully saturated rings. The molecule has 25 heavy (non-hydrogen) atoms. The largest absolute Gasteiger partial charge is 0.396 e. The van der Waals surface area contributed by atoms with Crippen molar-refractivity contribution < 1.29 is 14.3 Å². The molecule has 2 amide bonds. The summed E-state index contributed by atoms with van der Waals surface area (Å²) in [5.74, 6) is -0.337. The molecule has 0 saturated carbocycles. The molecule has 2 aromatic rings. The zero-order valence-electron chi connectivity index (χ0n) is 14.0. The molecular formula is C18H22FN3O3. The molecule has 0 bridgehead atoms. The van der Waals surface area contributed by atoms with Gasteiger partial charge in [0.1, 0.15) is 11.5 Å². The van der Waals surface area contributed by atoms with Crippen LogP contribution in [0, 0.1) is 5.82 Å². The molecule has 0 aliphatic heterocycles. The Balaban J connectivity index is 2.08. The summed E-state index contributed by atoms with van der Waals surface area (Å²) in [5, 5.41) is 14.2. The first kappa shape index (κ1) is 18.7. The van der Waals surface area contributed by atoms with Crippen molar-refractivity contribution in [3.05, 3.63) is 64.3 Å². The normalized spacial score (nSPS) is 11.8. The lowest BCUT2D eigenvalue weighted by atomic mass is 10.2. The average Bonchev–Trinajstić information content (AvgIpc) is 2.60. The maximum Gasteiger partial charge on any atom is 0.319 e. The zero-order chi connectivity index (χ0) is 18.2. The number of rotatable bonds is 7. The summed E-state index contributed by atoms with van der Waals surface area (Å²) >= 11 is 0.